The number of carboxylic acids is 2. The van der Waals surface area contributed by atoms with Gasteiger partial charge in [0, 0.05) is 19.5 Å². The topological polar surface area (TPSA) is 380 Å². The number of guanidine groups is 1. The van der Waals surface area contributed by atoms with Gasteiger partial charge in [0.1, 0.15) is 42.3 Å². The fourth-order valence-electron chi connectivity index (χ4n) is 6.03. The summed E-state index contributed by atoms with van der Waals surface area (Å²) in [5, 5.41) is 43.0. The van der Waals surface area contributed by atoms with Crippen molar-refractivity contribution in [2.24, 2.45) is 28.1 Å². The van der Waals surface area contributed by atoms with Crippen LogP contribution in [0.2, 0.25) is 0 Å². The summed E-state index contributed by atoms with van der Waals surface area (Å²) in [7, 11) is 0. The molecule has 7 amide bonds. The molecular formula is C36H63N11O12S. The first-order valence-electron chi connectivity index (χ1n) is 19.6. The largest absolute Gasteiger partial charge is 0.481 e. The molecule has 0 saturated carbocycles. The predicted octanol–water partition coefficient (Wildman–Crippen LogP) is -3.95. The van der Waals surface area contributed by atoms with E-state index < -0.39 is 115 Å². The zero-order chi connectivity index (χ0) is 45.7. The average molecular weight is 874 g/mol. The highest BCUT2D eigenvalue weighted by molar-refractivity contribution is 7.98. The molecule has 1 aliphatic rings. The van der Waals surface area contributed by atoms with Gasteiger partial charge in [-0.2, -0.15) is 11.8 Å². The van der Waals surface area contributed by atoms with E-state index in [1.165, 1.54) is 30.5 Å². The SMILES string of the molecule is CSCCC(NC(=O)C(CCCN=C(N)N)NC(=O)C(C)NC(=O)C(CO)NC(=O)C(N)CC(C)C)C(=O)NC(C)C(=O)N1CCCC1C(=O)NC(CCC(=O)O)C(=O)O. The zero-order valence-corrected chi connectivity index (χ0v) is 35.5. The number of hydrogen-bond acceptors (Lipinski definition) is 13. The van der Waals surface area contributed by atoms with Crippen molar-refractivity contribution in [3.63, 3.8) is 0 Å². The standard InChI is InChI=1S/C36H63N11O12S/c1-18(2)16-21(37)29(52)46-25(17-48)32(55)41-19(3)28(51)43-22(8-6-13-40-36(38)39)31(54)44-23(12-15-60-5)30(53)42-20(4)34(57)47-14-7-9-26(47)33(56)45-24(35(58)59)10-11-27(49)50/h18-26,48H,6-17,37H2,1-5H3,(H,41,55)(H,42,53)(H,43,51)(H,44,54)(H,45,56)(H,46,52)(H,49,50)(H,58,59)(H4,38,39,40). The van der Waals surface area contributed by atoms with E-state index in [-0.39, 0.29) is 57.1 Å². The van der Waals surface area contributed by atoms with E-state index >= 15 is 0 Å². The second-order valence-electron chi connectivity index (χ2n) is 14.8. The summed E-state index contributed by atoms with van der Waals surface area (Å²) in [5.74, 6) is -7.79. The van der Waals surface area contributed by atoms with Crippen LogP contribution in [0, 0.1) is 5.92 Å². The van der Waals surface area contributed by atoms with Crippen LogP contribution in [0.25, 0.3) is 0 Å². The van der Waals surface area contributed by atoms with Crippen LogP contribution in [0.15, 0.2) is 4.99 Å². The molecule has 0 aromatic carbocycles. The molecule has 1 aliphatic heterocycles. The summed E-state index contributed by atoms with van der Waals surface area (Å²) in [6.07, 6.45) is 2.07. The number of aliphatic imine (C=N–C) groups is 1. The lowest BCUT2D eigenvalue weighted by Gasteiger charge is -2.29. The van der Waals surface area contributed by atoms with Gasteiger partial charge in [-0.05, 0) is 76.7 Å². The number of amides is 7. The number of carbonyl (C=O) groups is 9. The quantitative estimate of drug-likeness (QED) is 0.0213. The molecule has 1 fully saturated rings. The number of carboxylic acid groups (broad SMARTS) is 2. The first-order chi connectivity index (χ1) is 28.1. The molecule has 0 spiro atoms. The van der Waals surface area contributed by atoms with E-state index in [4.69, 9.17) is 22.3 Å². The van der Waals surface area contributed by atoms with E-state index in [9.17, 15) is 53.4 Å². The van der Waals surface area contributed by atoms with Gasteiger partial charge in [-0.15, -0.1) is 0 Å². The Bertz CT molecular complexity index is 1550. The molecule has 24 heteroatoms. The van der Waals surface area contributed by atoms with Crippen LogP contribution in [0.4, 0.5) is 0 Å². The molecule has 0 aliphatic carbocycles. The third-order valence-electron chi connectivity index (χ3n) is 9.28. The monoisotopic (exact) mass is 873 g/mol. The van der Waals surface area contributed by atoms with Gasteiger partial charge in [0.2, 0.25) is 41.4 Å². The van der Waals surface area contributed by atoms with Crippen LogP contribution in [0.5, 0.6) is 0 Å². The Morgan fingerprint density at radius 3 is 1.88 bits per heavy atom. The zero-order valence-electron chi connectivity index (χ0n) is 34.7. The fraction of sp³-hybridized carbons (Fsp3) is 0.722. The number of nitrogens with one attached hydrogen (secondary N) is 6. The van der Waals surface area contributed by atoms with E-state index in [0.29, 0.717) is 18.6 Å². The minimum Gasteiger partial charge on any atom is -0.481 e. The number of rotatable bonds is 27. The van der Waals surface area contributed by atoms with Gasteiger partial charge in [0.05, 0.1) is 12.6 Å². The summed E-state index contributed by atoms with van der Waals surface area (Å²) < 4.78 is 0. The third-order valence-corrected chi connectivity index (χ3v) is 9.92. The maximum absolute atomic E-state index is 13.7. The van der Waals surface area contributed by atoms with E-state index in [1.54, 1.807) is 6.26 Å². The second-order valence-corrected chi connectivity index (χ2v) is 15.8. The van der Waals surface area contributed by atoms with Crippen molar-refractivity contribution in [2.45, 2.75) is 127 Å². The molecule has 0 radical (unpaired) electrons. The highest BCUT2D eigenvalue weighted by atomic mass is 32.2. The summed E-state index contributed by atoms with van der Waals surface area (Å²) >= 11 is 1.37. The number of thioether (sulfide) groups is 1. The lowest BCUT2D eigenvalue weighted by molar-refractivity contribution is -0.145. The molecule has 340 valence electrons. The Labute approximate surface area is 352 Å². The van der Waals surface area contributed by atoms with Crippen molar-refractivity contribution in [3.05, 3.63) is 0 Å². The third kappa shape index (κ3) is 18.8. The number of aliphatic hydroxyl groups excluding tert-OH is 1. The predicted molar refractivity (Wildman–Crippen MR) is 220 cm³/mol. The number of aliphatic hydroxyl groups is 1. The molecule has 8 atom stereocenters. The summed E-state index contributed by atoms with van der Waals surface area (Å²) in [4.78, 5) is 120. The normalized spacial score (nSPS) is 17.1. The van der Waals surface area contributed by atoms with Gasteiger partial charge in [-0.1, -0.05) is 13.8 Å². The molecular weight excluding hydrogens is 811 g/mol. The molecule has 1 rings (SSSR count). The van der Waals surface area contributed by atoms with Gasteiger partial charge in [0.15, 0.2) is 5.96 Å². The molecule has 60 heavy (non-hydrogen) atoms. The minimum atomic E-state index is -1.50. The number of carbonyl (C=O) groups excluding carboxylic acids is 7. The lowest BCUT2D eigenvalue weighted by atomic mass is 10.0. The highest BCUT2D eigenvalue weighted by Gasteiger charge is 2.39. The van der Waals surface area contributed by atoms with Crippen molar-refractivity contribution >= 4 is 71.0 Å². The van der Waals surface area contributed by atoms with Crippen molar-refractivity contribution in [1.82, 2.24) is 36.8 Å². The summed E-state index contributed by atoms with van der Waals surface area (Å²) in [5.41, 5.74) is 16.7. The Hall–Kier alpha value is -5.23. The van der Waals surface area contributed by atoms with Gasteiger partial charge in [-0.3, -0.25) is 43.3 Å². The van der Waals surface area contributed by atoms with Crippen LogP contribution in [-0.2, 0) is 43.2 Å². The van der Waals surface area contributed by atoms with E-state index in [2.05, 4.69) is 36.9 Å². The van der Waals surface area contributed by atoms with Crippen LogP contribution >= 0.6 is 11.8 Å². The fourth-order valence-corrected chi connectivity index (χ4v) is 6.51. The molecule has 1 heterocycles. The number of likely N-dealkylation sites (tertiary alicyclic amines) is 1. The molecule has 15 N–H and O–H groups in total. The smallest absolute Gasteiger partial charge is 0.326 e. The molecule has 23 nitrogen and oxygen atoms in total. The highest BCUT2D eigenvalue weighted by Crippen LogP contribution is 2.19. The first-order valence-corrected chi connectivity index (χ1v) is 21.0. The summed E-state index contributed by atoms with van der Waals surface area (Å²) in [6.45, 7) is 5.81. The van der Waals surface area contributed by atoms with Gasteiger partial charge in [-0.25, -0.2) is 4.79 Å². The molecule has 1 saturated heterocycles. The van der Waals surface area contributed by atoms with E-state index in [0.717, 1.165) is 0 Å². The second kappa shape index (κ2) is 26.8. The minimum absolute atomic E-state index is 0.0265. The number of nitrogens with two attached hydrogens (primary N) is 3. The maximum Gasteiger partial charge on any atom is 0.326 e. The Kier molecular flexibility index (Phi) is 23.6. The number of hydrogen-bond donors (Lipinski definition) is 12. The van der Waals surface area contributed by atoms with Crippen molar-refractivity contribution in [1.29, 1.82) is 0 Å². The Balaban J connectivity index is 3.11. The first kappa shape index (κ1) is 52.8. The van der Waals surface area contributed by atoms with Crippen molar-refractivity contribution < 1.29 is 58.5 Å². The van der Waals surface area contributed by atoms with Gasteiger partial charge in [0.25, 0.3) is 0 Å². The number of nitrogens with zero attached hydrogens (tertiary/aromatic N) is 2. The molecule has 0 aromatic rings. The molecule has 0 aromatic heterocycles. The van der Waals surface area contributed by atoms with Crippen LogP contribution in [-0.4, -0.2) is 160 Å². The average Bonchev–Trinajstić information content (AvgIpc) is 3.67. The lowest BCUT2D eigenvalue weighted by Crippen LogP contribution is -2.59. The van der Waals surface area contributed by atoms with Crippen molar-refractivity contribution in [3.8, 4) is 0 Å². The molecule has 0 bridgehead atoms. The van der Waals surface area contributed by atoms with Gasteiger partial charge < -0.3 is 69.3 Å². The van der Waals surface area contributed by atoms with Crippen LogP contribution < -0.4 is 49.1 Å². The van der Waals surface area contributed by atoms with Crippen molar-refractivity contribution in [2.75, 3.05) is 31.7 Å². The van der Waals surface area contributed by atoms with E-state index in [1.807, 2.05) is 13.8 Å². The van der Waals surface area contributed by atoms with Crippen LogP contribution in [0.3, 0.4) is 0 Å². The van der Waals surface area contributed by atoms with Crippen LogP contribution in [0.1, 0.15) is 79.1 Å². The Morgan fingerprint density at radius 2 is 1.32 bits per heavy atom. The number of aliphatic carboxylic acids is 2. The molecule has 8 unspecified atom stereocenters. The Morgan fingerprint density at radius 1 is 0.750 bits per heavy atom. The summed E-state index contributed by atoms with van der Waals surface area (Å²) in [6, 6.07) is -9.93. The maximum atomic E-state index is 13.7. The van der Waals surface area contributed by atoms with Gasteiger partial charge >= 0.3 is 11.9 Å².